The molecule has 0 aliphatic heterocycles. The third kappa shape index (κ3) is 5.68. The van der Waals surface area contributed by atoms with Crippen LogP contribution in [0.1, 0.15) is 51.4 Å². The molecule has 0 spiro atoms. The van der Waals surface area contributed by atoms with Gasteiger partial charge in [-0.25, -0.2) is 0 Å². The van der Waals surface area contributed by atoms with Gasteiger partial charge in [-0.3, -0.25) is 9.59 Å². The van der Waals surface area contributed by atoms with Gasteiger partial charge in [0.05, 0.1) is 11.8 Å². The van der Waals surface area contributed by atoms with Crippen molar-refractivity contribution in [2.45, 2.75) is 57.4 Å². The van der Waals surface area contributed by atoms with Gasteiger partial charge in [-0.1, -0.05) is 61.0 Å². The van der Waals surface area contributed by atoms with E-state index in [0.29, 0.717) is 12.8 Å². The molecule has 0 heterocycles. The van der Waals surface area contributed by atoms with Crippen molar-refractivity contribution in [1.82, 2.24) is 5.32 Å². The predicted molar refractivity (Wildman–Crippen MR) is 95.7 cm³/mol. The fraction of sp³-hybridized carbons (Fsp3) is 0.647. The zero-order valence-electron chi connectivity index (χ0n) is 13.4. The molecule has 2 atom stereocenters. The van der Waals surface area contributed by atoms with Crippen molar-refractivity contribution >= 4 is 46.7 Å². The number of carbonyl (C=O) groups excluding carboxylic acids is 2. The van der Waals surface area contributed by atoms with Gasteiger partial charge in [0.2, 0.25) is 11.1 Å². The Hall–Kier alpha value is -0.710. The summed E-state index contributed by atoms with van der Waals surface area (Å²) in [7, 11) is 0. The van der Waals surface area contributed by atoms with Gasteiger partial charge in [0, 0.05) is 6.04 Å². The van der Waals surface area contributed by atoms with Gasteiger partial charge in [-0.2, -0.15) is 0 Å². The summed E-state index contributed by atoms with van der Waals surface area (Å²) in [4.78, 5) is 25.0. The van der Waals surface area contributed by atoms with Gasteiger partial charge in [0.1, 0.15) is 0 Å². The minimum Gasteiger partial charge on any atom is -0.411 e. The summed E-state index contributed by atoms with van der Waals surface area (Å²) in [6, 6.07) is 0.198. The summed E-state index contributed by atoms with van der Waals surface area (Å²) in [5, 5.41) is 2.75. The Balaban J connectivity index is 2.00. The third-order valence-corrected chi connectivity index (χ3v) is 5.42. The monoisotopic (exact) mass is 393 g/mol. The highest BCUT2D eigenvalue weighted by atomic mass is 35.5. The summed E-state index contributed by atoms with van der Waals surface area (Å²) >= 11 is 16.7. The molecule has 0 radical (unpaired) electrons. The van der Waals surface area contributed by atoms with Crippen molar-refractivity contribution in [2.75, 3.05) is 0 Å². The van der Waals surface area contributed by atoms with E-state index in [-0.39, 0.29) is 21.7 Å². The summed E-state index contributed by atoms with van der Waals surface area (Å²) < 4.78 is 4.66. The number of esters is 1. The van der Waals surface area contributed by atoms with Gasteiger partial charge in [-0.05, 0) is 37.3 Å². The third-order valence-electron chi connectivity index (χ3n) is 4.61. The van der Waals surface area contributed by atoms with Crippen LogP contribution in [0.2, 0.25) is 0 Å². The molecule has 24 heavy (non-hydrogen) atoms. The van der Waals surface area contributed by atoms with E-state index in [2.05, 4.69) is 5.32 Å². The van der Waals surface area contributed by atoms with E-state index in [1.807, 2.05) is 12.2 Å². The molecular weight excluding hydrogens is 373 g/mol. The van der Waals surface area contributed by atoms with Gasteiger partial charge >= 0.3 is 5.97 Å². The quantitative estimate of drug-likeness (QED) is 0.323. The Bertz CT molecular complexity index is 521. The lowest BCUT2D eigenvalue weighted by Crippen LogP contribution is -2.43. The maximum absolute atomic E-state index is 12.7. The topological polar surface area (TPSA) is 55.4 Å². The number of amides is 1. The molecule has 2 unspecified atom stereocenters. The smallest absolute Gasteiger partial charge is 0.316 e. The maximum Gasteiger partial charge on any atom is 0.316 e. The minimum absolute atomic E-state index is 0.0923. The molecule has 0 bridgehead atoms. The summed E-state index contributed by atoms with van der Waals surface area (Å²) in [6.45, 7) is 0. The van der Waals surface area contributed by atoms with Crippen LogP contribution in [-0.2, 0) is 14.3 Å². The Labute approximate surface area is 157 Å². The van der Waals surface area contributed by atoms with E-state index < -0.39 is 17.8 Å². The zero-order valence-corrected chi connectivity index (χ0v) is 15.7. The lowest BCUT2D eigenvalue weighted by atomic mass is 9.82. The number of rotatable bonds is 4. The molecule has 0 aromatic heterocycles. The Kier molecular flexibility index (Phi) is 7.92. The van der Waals surface area contributed by atoms with Crippen LogP contribution in [0.15, 0.2) is 21.9 Å². The first-order chi connectivity index (χ1) is 11.5. The van der Waals surface area contributed by atoms with E-state index >= 15 is 0 Å². The summed E-state index contributed by atoms with van der Waals surface area (Å²) in [5.74, 6) is -1.71. The van der Waals surface area contributed by atoms with Crippen LogP contribution in [0.5, 0.6) is 0 Å². The van der Waals surface area contributed by atoms with Crippen LogP contribution in [0.3, 0.4) is 0 Å². The molecule has 1 N–H and O–H groups in total. The van der Waals surface area contributed by atoms with Crippen molar-refractivity contribution in [3.8, 4) is 0 Å². The second kappa shape index (κ2) is 9.69. The van der Waals surface area contributed by atoms with Gasteiger partial charge in [0.25, 0.3) is 0 Å². The number of ether oxygens (including phenoxy) is 1. The Morgan fingerprint density at radius 2 is 1.50 bits per heavy atom. The predicted octanol–water partition coefficient (Wildman–Crippen LogP) is 4.79. The lowest BCUT2D eigenvalue weighted by molar-refractivity contribution is -0.148. The molecule has 0 saturated heterocycles. The maximum atomic E-state index is 12.7. The summed E-state index contributed by atoms with van der Waals surface area (Å²) in [5.41, 5.74) is 0. The van der Waals surface area contributed by atoms with Crippen LogP contribution < -0.4 is 5.32 Å². The molecule has 2 aliphatic rings. The fourth-order valence-electron chi connectivity index (χ4n) is 3.30. The van der Waals surface area contributed by atoms with E-state index in [0.717, 1.165) is 25.7 Å². The Morgan fingerprint density at radius 3 is 2.08 bits per heavy atom. The van der Waals surface area contributed by atoms with Crippen molar-refractivity contribution in [3.63, 3.8) is 0 Å². The molecule has 2 aliphatic carbocycles. The van der Waals surface area contributed by atoms with Crippen LogP contribution in [0.4, 0.5) is 0 Å². The average molecular weight is 395 g/mol. The number of carbonyl (C=O) groups is 2. The minimum atomic E-state index is -0.581. The van der Waals surface area contributed by atoms with E-state index in [1.165, 1.54) is 12.8 Å². The second-order valence-electron chi connectivity index (χ2n) is 6.31. The first kappa shape index (κ1) is 19.6. The van der Waals surface area contributed by atoms with Crippen LogP contribution in [0.25, 0.3) is 0 Å². The first-order valence-corrected chi connectivity index (χ1v) is 9.50. The van der Waals surface area contributed by atoms with Crippen molar-refractivity contribution in [3.05, 3.63) is 21.9 Å². The van der Waals surface area contributed by atoms with E-state index in [9.17, 15) is 9.59 Å². The normalized spacial score (nSPS) is 24.8. The Morgan fingerprint density at radius 1 is 0.917 bits per heavy atom. The van der Waals surface area contributed by atoms with E-state index in [4.69, 9.17) is 39.5 Å². The molecule has 0 aromatic rings. The van der Waals surface area contributed by atoms with Crippen LogP contribution >= 0.6 is 34.8 Å². The van der Waals surface area contributed by atoms with Crippen molar-refractivity contribution < 1.29 is 14.3 Å². The number of halogens is 3. The van der Waals surface area contributed by atoms with Crippen molar-refractivity contribution in [2.24, 2.45) is 11.8 Å². The second-order valence-corrected chi connectivity index (χ2v) is 7.60. The molecule has 7 heteroatoms. The average Bonchev–Trinajstić information content (AvgIpc) is 2.83. The SMILES string of the molecule is O=C(NC1CCCCCC1)C1CC=CCC1C(=O)OC(Cl)=C(Cl)Cl. The molecule has 1 amide bonds. The highest BCUT2D eigenvalue weighted by Crippen LogP contribution is 2.30. The zero-order chi connectivity index (χ0) is 17.5. The van der Waals surface area contributed by atoms with Gasteiger partial charge in [0.15, 0.2) is 4.49 Å². The number of hydrogen-bond acceptors (Lipinski definition) is 3. The number of allylic oxidation sites excluding steroid dienone is 2. The van der Waals surface area contributed by atoms with Crippen LogP contribution in [-0.4, -0.2) is 17.9 Å². The highest BCUT2D eigenvalue weighted by Gasteiger charge is 2.36. The van der Waals surface area contributed by atoms with Crippen molar-refractivity contribution in [1.29, 1.82) is 0 Å². The largest absolute Gasteiger partial charge is 0.411 e. The van der Waals surface area contributed by atoms with Gasteiger partial charge < -0.3 is 10.1 Å². The lowest BCUT2D eigenvalue weighted by Gasteiger charge is -2.27. The molecule has 1 saturated carbocycles. The van der Waals surface area contributed by atoms with Gasteiger partial charge in [-0.15, -0.1) is 0 Å². The number of nitrogens with one attached hydrogen (secondary N) is 1. The van der Waals surface area contributed by atoms with E-state index in [1.54, 1.807) is 0 Å². The highest BCUT2D eigenvalue weighted by molar-refractivity contribution is 6.59. The molecule has 2 rings (SSSR count). The molecule has 1 fully saturated rings. The molecule has 4 nitrogen and oxygen atoms in total. The first-order valence-electron chi connectivity index (χ1n) is 8.37. The summed E-state index contributed by atoms with van der Waals surface area (Å²) in [6.07, 6.45) is 11.5. The molecular formula is C17H22Cl3NO3. The van der Waals surface area contributed by atoms with Crippen LogP contribution in [0, 0.1) is 11.8 Å². The number of hydrogen-bond donors (Lipinski definition) is 1. The molecule has 134 valence electrons. The standard InChI is InChI=1S/C17H22Cl3NO3/c18-14(19)15(20)24-17(23)13-10-6-5-9-12(13)16(22)21-11-7-3-1-2-4-8-11/h5-6,11-13H,1-4,7-10H2,(H,21,22). The molecule has 0 aromatic carbocycles. The fourth-order valence-corrected chi connectivity index (χ4v) is 3.45.